The van der Waals surface area contributed by atoms with Crippen molar-refractivity contribution in [2.24, 2.45) is 0 Å². The summed E-state index contributed by atoms with van der Waals surface area (Å²) in [5.41, 5.74) is 2.30. The Morgan fingerprint density at radius 2 is 2.15 bits per heavy atom. The van der Waals surface area contributed by atoms with E-state index in [1.165, 1.54) is 24.0 Å². The van der Waals surface area contributed by atoms with Crippen molar-refractivity contribution in [3.8, 4) is 0 Å². The average Bonchev–Trinajstić information content (AvgIpc) is 2.45. The molecule has 0 atom stereocenters. The van der Waals surface area contributed by atoms with Crippen LogP contribution in [-0.4, -0.2) is 13.1 Å². The number of rotatable bonds is 2. The van der Waals surface area contributed by atoms with Gasteiger partial charge in [0.25, 0.3) is 0 Å². The van der Waals surface area contributed by atoms with E-state index in [0.717, 1.165) is 10.4 Å². The van der Waals surface area contributed by atoms with Crippen LogP contribution in [0, 0.1) is 6.92 Å². The number of methoxy groups -OCH3 is 1. The molecule has 0 aromatic carbocycles. The molecule has 2 nitrogen and oxygen atoms in total. The van der Waals surface area contributed by atoms with Crippen molar-refractivity contribution in [2.75, 3.05) is 7.11 Å². The minimum Gasteiger partial charge on any atom is -0.465 e. The highest BCUT2D eigenvalue weighted by atomic mass is 32.1. The highest BCUT2D eigenvalue weighted by Gasteiger charge is 2.18. The highest BCUT2D eigenvalue weighted by Crippen LogP contribution is 2.29. The molecular weight excluding hydrogens is 184 g/mol. The molecule has 0 spiro atoms. The van der Waals surface area contributed by atoms with Crippen molar-refractivity contribution in [2.45, 2.75) is 26.7 Å². The largest absolute Gasteiger partial charge is 0.465 e. The van der Waals surface area contributed by atoms with Crippen molar-refractivity contribution < 1.29 is 9.53 Å². The molecule has 0 aliphatic heterocycles. The smallest absolute Gasteiger partial charge is 0.348 e. The number of carbonyl (C=O) groups excluding carboxylic acids is 1. The Kier molecular flexibility index (Phi) is 3.09. The molecule has 0 N–H and O–H groups in total. The number of carbonyl (C=O) groups is 1. The van der Waals surface area contributed by atoms with Crippen molar-refractivity contribution in [3.63, 3.8) is 0 Å². The van der Waals surface area contributed by atoms with Crippen molar-refractivity contribution in [1.29, 1.82) is 0 Å². The Bertz CT molecular complexity index is 313. The van der Waals surface area contributed by atoms with E-state index >= 15 is 0 Å². The van der Waals surface area contributed by atoms with Gasteiger partial charge in [-0.05, 0) is 29.3 Å². The minimum atomic E-state index is -0.221. The second-order valence-electron chi connectivity index (χ2n) is 3.31. The fourth-order valence-corrected chi connectivity index (χ4v) is 2.55. The summed E-state index contributed by atoms with van der Waals surface area (Å²) in [6, 6.07) is 0. The van der Waals surface area contributed by atoms with E-state index in [2.05, 4.69) is 13.8 Å². The van der Waals surface area contributed by atoms with Crippen LogP contribution < -0.4 is 0 Å². The zero-order valence-corrected chi connectivity index (χ0v) is 9.20. The van der Waals surface area contributed by atoms with E-state index in [4.69, 9.17) is 4.74 Å². The molecule has 1 aromatic rings. The van der Waals surface area contributed by atoms with E-state index in [0.29, 0.717) is 5.92 Å². The van der Waals surface area contributed by atoms with Gasteiger partial charge in [0.2, 0.25) is 0 Å². The van der Waals surface area contributed by atoms with Gasteiger partial charge >= 0.3 is 5.97 Å². The standard InChI is InChI=1S/C10H14O2S/c1-6(2)8-7(3)5-13-9(8)10(11)12-4/h5-6H,1-4H3. The van der Waals surface area contributed by atoms with Crippen molar-refractivity contribution in [3.05, 3.63) is 21.4 Å². The van der Waals surface area contributed by atoms with Crippen LogP contribution in [0.1, 0.15) is 40.6 Å². The van der Waals surface area contributed by atoms with Gasteiger partial charge in [-0.15, -0.1) is 11.3 Å². The van der Waals surface area contributed by atoms with E-state index in [9.17, 15) is 4.79 Å². The normalized spacial score (nSPS) is 10.5. The van der Waals surface area contributed by atoms with Gasteiger partial charge in [-0.2, -0.15) is 0 Å². The molecule has 0 aliphatic carbocycles. The third kappa shape index (κ3) is 1.91. The molecule has 0 radical (unpaired) electrons. The minimum absolute atomic E-state index is 0.221. The number of ether oxygens (including phenoxy) is 1. The lowest BCUT2D eigenvalue weighted by Gasteiger charge is -2.06. The van der Waals surface area contributed by atoms with Gasteiger partial charge in [-0.1, -0.05) is 13.8 Å². The first kappa shape index (κ1) is 10.3. The van der Waals surface area contributed by atoms with Gasteiger partial charge < -0.3 is 4.74 Å². The maximum Gasteiger partial charge on any atom is 0.348 e. The number of hydrogen-bond donors (Lipinski definition) is 0. The Morgan fingerprint density at radius 3 is 2.62 bits per heavy atom. The van der Waals surface area contributed by atoms with Crippen LogP contribution in [0.15, 0.2) is 5.38 Å². The molecule has 1 heterocycles. The number of aryl methyl sites for hydroxylation is 1. The predicted octanol–water partition coefficient (Wildman–Crippen LogP) is 2.97. The topological polar surface area (TPSA) is 26.3 Å². The molecule has 1 rings (SSSR count). The lowest BCUT2D eigenvalue weighted by Crippen LogP contribution is -2.03. The van der Waals surface area contributed by atoms with Crippen LogP contribution >= 0.6 is 11.3 Å². The maximum absolute atomic E-state index is 11.3. The van der Waals surface area contributed by atoms with E-state index in [1.807, 2.05) is 12.3 Å². The van der Waals surface area contributed by atoms with Crippen molar-refractivity contribution in [1.82, 2.24) is 0 Å². The summed E-state index contributed by atoms with van der Waals surface area (Å²) >= 11 is 1.46. The van der Waals surface area contributed by atoms with Gasteiger partial charge in [-0.25, -0.2) is 4.79 Å². The molecule has 72 valence electrons. The predicted molar refractivity (Wildman–Crippen MR) is 54.5 cm³/mol. The van der Waals surface area contributed by atoms with Crippen LogP contribution in [0.4, 0.5) is 0 Å². The summed E-state index contributed by atoms with van der Waals surface area (Å²) in [7, 11) is 1.42. The fourth-order valence-electron chi connectivity index (χ4n) is 1.42. The third-order valence-electron chi connectivity index (χ3n) is 1.97. The number of hydrogen-bond acceptors (Lipinski definition) is 3. The molecule has 0 bridgehead atoms. The summed E-state index contributed by atoms with van der Waals surface area (Å²) < 4.78 is 4.71. The molecule has 0 unspecified atom stereocenters. The SMILES string of the molecule is COC(=O)c1scc(C)c1C(C)C. The lowest BCUT2D eigenvalue weighted by atomic mass is 10.0. The van der Waals surface area contributed by atoms with E-state index < -0.39 is 0 Å². The molecule has 0 saturated carbocycles. The van der Waals surface area contributed by atoms with Crippen LogP contribution in [0.3, 0.4) is 0 Å². The van der Waals surface area contributed by atoms with Crippen LogP contribution in [0.25, 0.3) is 0 Å². The molecule has 1 aromatic heterocycles. The zero-order chi connectivity index (χ0) is 10.0. The first-order valence-corrected chi connectivity index (χ1v) is 5.12. The van der Waals surface area contributed by atoms with Crippen LogP contribution in [-0.2, 0) is 4.74 Å². The van der Waals surface area contributed by atoms with Crippen LogP contribution in [0.5, 0.6) is 0 Å². The number of esters is 1. The van der Waals surface area contributed by atoms with E-state index in [1.54, 1.807) is 0 Å². The molecule has 3 heteroatoms. The van der Waals surface area contributed by atoms with Gasteiger partial charge in [0.05, 0.1) is 7.11 Å². The lowest BCUT2D eigenvalue weighted by molar-refractivity contribution is 0.0604. The summed E-state index contributed by atoms with van der Waals surface area (Å²) in [5.74, 6) is 0.155. The molecule has 0 saturated heterocycles. The Hall–Kier alpha value is -0.830. The average molecular weight is 198 g/mol. The quantitative estimate of drug-likeness (QED) is 0.683. The maximum atomic E-state index is 11.3. The molecule has 0 fully saturated rings. The molecular formula is C10H14O2S. The molecule has 13 heavy (non-hydrogen) atoms. The van der Waals surface area contributed by atoms with Gasteiger partial charge in [0.15, 0.2) is 0 Å². The van der Waals surface area contributed by atoms with Crippen LogP contribution in [0.2, 0.25) is 0 Å². The highest BCUT2D eigenvalue weighted by molar-refractivity contribution is 7.12. The summed E-state index contributed by atoms with van der Waals surface area (Å²) in [6.45, 7) is 6.20. The van der Waals surface area contributed by atoms with E-state index in [-0.39, 0.29) is 5.97 Å². The Balaban J connectivity index is 3.15. The fraction of sp³-hybridized carbons (Fsp3) is 0.500. The first-order valence-electron chi connectivity index (χ1n) is 4.24. The Morgan fingerprint density at radius 1 is 1.54 bits per heavy atom. The molecule has 0 amide bonds. The van der Waals surface area contributed by atoms with Gasteiger partial charge in [-0.3, -0.25) is 0 Å². The third-order valence-corrected chi connectivity index (χ3v) is 3.06. The summed E-state index contributed by atoms with van der Waals surface area (Å²) in [4.78, 5) is 12.1. The summed E-state index contributed by atoms with van der Waals surface area (Å²) in [5, 5.41) is 2.00. The number of thiophene rings is 1. The first-order chi connectivity index (χ1) is 6.07. The Labute approximate surface area is 82.5 Å². The summed E-state index contributed by atoms with van der Waals surface area (Å²) in [6.07, 6.45) is 0. The van der Waals surface area contributed by atoms with Crippen molar-refractivity contribution >= 4 is 17.3 Å². The molecule has 0 aliphatic rings. The van der Waals surface area contributed by atoms with Gasteiger partial charge in [0, 0.05) is 0 Å². The second-order valence-corrected chi connectivity index (χ2v) is 4.19. The monoisotopic (exact) mass is 198 g/mol. The second kappa shape index (κ2) is 3.92. The van der Waals surface area contributed by atoms with Gasteiger partial charge in [0.1, 0.15) is 4.88 Å². The zero-order valence-electron chi connectivity index (χ0n) is 8.38.